The number of aromatic nitrogens is 2. The van der Waals surface area contributed by atoms with Crippen molar-refractivity contribution >= 4 is 17.6 Å². The molecule has 3 heterocycles. The molecule has 1 saturated heterocycles. The van der Waals surface area contributed by atoms with Crippen LogP contribution in [-0.2, 0) is 47.0 Å². The smallest absolute Gasteiger partial charge is 0.411 e. The first-order chi connectivity index (χ1) is 23.4. The van der Waals surface area contributed by atoms with E-state index in [2.05, 4.69) is 5.32 Å². The van der Waals surface area contributed by atoms with Gasteiger partial charge in [-0.25, -0.2) is 18.6 Å². The molecule has 0 spiro atoms. The zero-order valence-electron chi connectivity index (χ0n) is 26.9. The van der Waals surface area contributed by atoms with Crippen molar-refractivity contribution in [3.63, 3.8) is 0 Å². The number of nitrogens with one attached hydrogen (secondary N) is 1. The lowest BCUT2D eigenvalue weighted by Crippen LogP contribution is -2.53. The van der Waals surface area contributed by atoms with E-state index in [-0.39, 0.29) is 30.8 Å². The largest absolute Gasteiger partial charge is 0.493 e. The zero-order chi connectivity index (χ0) is 35.0. The van der Waals surface area contributed by atoms with Gasteiger partial charge in [0, 0.05) is 37.0 Å². The molecule has 2 aliphatic heterocycles. The van der Waals surface area contributed by atoms with Crippen LogP contribution in [0.2, 0.25) is 0 Å². The van der Waals surface area contributed by atoms with Crippen LogP contribution < -0.4 is 20.5 Å². The van der Waals surface area contributed by atoms with Gasteiger partial charge in [-0.1, -0.05) is 6.07 Å². The molecule has 2 aromatic carbocycles. The zero-order valence-corrected chi connectivity index (χ0v) is 26.9. The Kier molecular flexibility index (Phi) is 9.65. The lowest BCUT2D eigenvalue weighted by atomic mass is 9.91. The van der Waals surface area contributed by atoms with Crippen molar-refractivity contribution in [3.8, 4) is 17.0 Å². The van der Waals surface area contributed by atoms with Crippen molar-refractivity contribution in [1.29, 1.82) is 0 Å². The Labute approximate surface area is 278 Å². The Balaban J connectivity index is 1.29. The van der Waals surface area contributed by atoms with Crippen LogP contribution in [-0.4, -0.2) is 73.2 Å². The Morgan fingerprint density at radius 3 is 2.53 bits per heavy atom. The van der Waals surface area contributed by atoms with Crippen molar-refractivity contribution in [2.45, 2.75) is 63.2 Å². The van der Waals surface area contributed by atoms with Crippen molar-refractivity contribution < 1.29 is 45.8 Å². The fraction of sp³-hybridized carbons (Fsp3) is 0.471. The molecule has 0 unspecified atom stereocenters. The van der Waals surface area contributed by atoms with Gasteiger partial charge in [0.1, 0.15) is 40.7 Å². The number of nitrogens with zero attached hydrogens (tertiary/aromatic N) is 3. The van der Waals surface area contributed by atoms with Gasteiger partial charge in [0.05, 0.1) is 32.6 Å². The number of amides is 1. The highest BCUT2D eigenvalue weighted by atomic mass is 19.4. The molecular weight excluding hydrogens is 655 g/mol. The summed E-state index contributed by atoms with van der Waals surface area (Å²) in [6.07, 6.45) is -0.249. The minimum absolute atomic E-state index is 0.0882. The minimum atomic E-state index is -4.73. The van der Waals surface area contributed by atoms with E-state index in [0.717, 1.165) is 49.1 Å². The number of hydrogen-bond donors (Lipinski definition) is 1. The first-order valence-corrected chi connectivity index (χ1v) is 16.0. The number of morpholine rings is 1. The SMILES string of the molecule is COC(=O)[C@H](Cc1ccc(-c2nc3c(n(C)c2=O)CCCC3)c2c1CCCO2)NC(=O)c1c(F)cc(N2CCOC[C@@H]2C(F)(F)F)cc1F. The Hall–Kier alpha value is -4.53. The van der Waals surface area contributed by atoms with Crippen molar-refractivity contribution in [2.75, 3.05) is 38.4 Å². The molecular formula is C34H35F5N4O6. The van der Waals surface area contributed by atoms with Gasteiger partial charge in [-0.05, 0) is 67.9 Å². The Bertz CT molecular complexity index is 1820. The molecule has 2 atom stereocenters. The monoisotopic (exact) mass is 690 g/mol. The summed E-state index contributed by atoms with van der Waals surface area (Å²) < 4.78 is 88.8. The molecule has 0 bridgehead atoms. The summed E-state index contributed by atoms with van der Waals surface area (Å²) in [5.41, 5.74) is 2.07. The molecule has 3 aliphatic rings. The number of ether oxygens (including phenoxy) is 3. The molecule has 0 saturated carbocycles. The molecule has 49 heavy (non-hydrogen) atoms. The van der Waals surface area contributed by atoms with Crippen LogP contribution in [0.25, 0.3) is 11.3 Å². The van der Waals surface area contributed by atoms with E-state index in [1.54, 1.807) is 23.7 Å². The number of fused-ring (bicyclic) bond motifs is 2. The summed E-state index contributed by atoms with van der Waals surface area (Å²) in [4.78, 5) is 45.1. The van der Waals surface area contributed by atoms with Crippen molar-refractivity contribution in [1.82, 2.24) is 14.9 Å². The van der Waals surface area contributed by atoms with Gasteiger partial charge in [0.25, 0.3) is 11.5 Å². The van der Waals surface area contributed by atoms with Gasteiger partial charge in [0.2, 0.25) is 0 Å². The van der Waals surface area contributed by atoms with Crippen LogP contribution in [0.3, 0.4) is 0 Å². The maximum atomic E-state index is 15.3. The molecule has 1 amide bonds. The third-order valence-electron chi connectivity index (χ3n) is 9.31. The number of alkyl halides is 3. The van der Waals surface area contributed by atoms with Crippen LogP contribution >= 0.6 is 0 Å². The quantitative estimate of drug-likeness (QED) is 0.290. The van der Waals surface area contributed by atoms with E-state index < -0.39 is 59.6 Å². The number of benzene rings is 2. The third kappa shape index (κ3) is 6.72. The van der Waals surface area contributed by atoms with E-state index in [0.29, 0.717) is 54.0 Å². The predicted molar refractivity (Wildman–Crippen MR) is 167 cm³/mol. The summed E-state index contributed by atoms with van der Waals surface area (Å²) in [5.74, 6) is -4.57. The molecule has 262 valence electrons. The summed E-state index contributed by atoms with van der Waals surface area (Å²) in [6, 6.07) is 1.14. The topological polar surface area (TPSA) is 112 Å². The molecule has 10 nitrogen and oxygen atoms in total. The first-order valence-electron chi connectivity index (χ1n) is 16.0. The summed E-state index contributed by atoms with van der Waals surface area (Å²) in [5, 5.41) is 2.34. The molecule has 0 radical (unpaired) electrons. The molecule has 1 fully saturated rings. The predicted octanol–water partition coefficient (Wildman–Crippen LogP) is 4.21. The van der Waals surface area contributed by atoms with E-state index in [1.807, 2.05) is 0 Å². The van der Waals surface area contributed by atoms with Crippen molar-refractivity contribution in [3.05, 3.63) is 74.3 Å². The number of carbonyl (C=O) groups excluding carboxylic acids is 2. The maximum Gasteiger partial charge on any atom is 0.411 e. The number of methoxy groups -OCH3 is 1. The van der Waals surface area contributed by atoms with E-state index in [4.69, 9.17) is 19.2 Å². The molecule has 3 aromatic rings. The number of esters is 1. The number of rotatable bonds is 7. The van der Waals surface area contributed by atoms with Gasteiger partial charge >= 0.3 is 12.1 Å². The number of anilines is 1. The molecule has 1 aliphatic carbocycles. The van der Waals surface area contributed by atoms with Crippen molar-refractivity contribution in [2.24, 2.45) is 7.05 Å². The summed E-state index contributed by atoms with van der Waals surface area (Å²) >= 11 is 0. The van der Waals surface area contributed by atoms with Gasteiger partial charge in [-0.3, -0.25) is 9.59 Å². The molecule has 6 rings (SSSR count). The second-order valence-corrected chi connectivity index (χ2v) is 12.3. The lowest BCUT2D eigenvalue weighted by molar-refractivity contribution is -0.167. The highest BCUT2D eigenvalue weighted by Crippen LogP contribution is 2.38. The minimum Gasteiger partial charge on any atom is -0.493 e. The average Bonchev–Trinajstić information content (AvgIpc) is 3.08. The van der Waals surface area contributed by atoms with Gasteiger partial charge in [-0.2, -0.15) is 13.2 Å². The summed E-state index contributed by atoms with van der Waals surface area (Å²) in [6.45, 7) is -0.696. The second kappa shape index (κ2) is 13.8. The molecule has 1 aromatic heterocycles. The first kappa shape index (κ1) is 34.3. The van der Waals surface area contributed by atoms with Crippen LogP contribution in [0, 0.1) is 11.6 Å². The standard InChI is InChI=1S/C34H35F5N4O6/c1-42-26-8-4-3-7-24(26)40-29(32(42)45)21-10-9-18(20-6-5-12-49-30(20)21)14-25(33(46)47-2)41-31(44)28-22(35)15-19(16-23(28)36)43-11-13-48-17-27(43)34(37,38)39/h9-10,15-16,25,27H,3-8,11-14,17H2,1-2H3,(H,41,44)/t25-,27+/m0/s1. The van der Waals surface area contributed by atoms with Crippen LogP contribution in [0.4, 0.5) is 27.6 Å². The Morgan fingerprint density at radius 2 is 1.82 bits per heavy atom. The van der Waals surface area contributed by atoms with Gasteiger partial charge in [0.15, 0.2) is 0 Å². The van der Waals surface area contributed by atoms with Crippen LogP contribution in [0.5, 0.6) is 5.75 Å². The average molecular weight is 691 g/mol. The number of carbonyl (C=O) groups is 2. The highest BCUT2D eigenvalue weighted by Gasteiger charge is 2.46. The second-order valence-electron chi connectivity index (χ2n) is 12.3. The number of aryl methyl sites for hydroxylation is 1. The Morgan fingerprint density at radius 1 is 1.08 bits per heavy atom. The lowest BCUT2D eigenvalue weighted by Gasteiger charge is -2.38. The number of hydrogen-bond acceptors (Lipinski definition) is 8. The molecule has 1 N–H and O–H groups in total. The van der Waals surface area contributed by atoms with Gasteiger partial charge < -0.3 is 29.0 Å². The van der Waals surface area contributed by atoms with E-state index >= 15 is 8.78 Å². The highest BCUT2D eigenvalue weighted by molar-refractivity contribution is 5.97. The van der Waals surface area contributed by atoms with E-state index in [1.165, 1.54) is 0 Å². The maximum absolute atomic E-state index is 15.3. The normalized spacial score (nSPS) is 18.2. The van der Waals surface area contributed by atoms with E-state index in [9.17, 15) is 27.6 Å². The number of halogens is 5. The molecule has 15 heteroatoms. The van der Waals surface area contributed by atoms with Gasteiger partial charge in [-0.15, -0.1) is 0 Å². The van der Waals surface area contributed by atoms with Crippen LogP contribution in [0.15, 0.2) is 29.1 Å². The van der Waals surface area contributed by atoms with Crippen LogP contribution in [0.1, 0.15) is 52.1 Å². The summed E-state index contributed by atoms with van der Waals surface area (Å²) in [7, 11) is 2.82. The third-order valence-corrected chi connectivity index (χ3v) is 9.31. The fourth-order valence-electron chi connectivity index (χ4n) is 6.82. The fourth-order valence-corrected chi connectivity index (χ4v) is 6.82.